The van der Waals surface area contributed by atoms with Crippen LogP contribution in [-0.4, -0.2) is 26.8 Å². The lowest BCUT2D eigenvalue weighted by molar-refractivity contribution is 0.169. The maximum atomic E-state index is 5.83. The van der Waals surface area contributed by atoms with Gasteiger partial charge in [-0.15, -0.1) is 0 Å². The predicted octanol–water partition coefficient (Wildman–Crippen LogP) is 3.11. The van der Waals surface area contributed by atoms with Crippen molar-refractivity contribution in [1.82, 2.24) is 5.32 Å². The van der Waals surface area contributed by atoms with Gasteiger partial charge < -0.3 is 14.8 Å². The summed E-state index contributed by atoms with van der Waals surface area (Å²) in [6, 6.07) is 2.03. The molecule has 0 radical (unpaired) electrons. The second kappa shape index (κ2) is 5.93. The Hall–Kier alpha value is -0.740. The Kier molecular flexibility index (Phi) is 4.51. The SMILES string of the molecule is CNCCc1c(Br)cc2c(c1C(C)C)OCCO2. The Bertz CT molecular complexity index is 432. The minimum atomic E-state index is 0.421. The molecule has 1 N–H and O–H groups in total. The topological polar surface area (TPSA) is 30.5 Å². The van der Waals surface area contributed by atoms with Gasteiger partial charge in [-0.1, -0.05) is 29.8 Å². The van der Waals surface area contributed by atoms with Gasteiger partial charge in [-0.3, -0.25) is 0 Å². The van der Waals surface area contributed by atoms with Gasteiger partial charge in [0.1, 0.15) is 13.2 Å². The van der Waals surface area contributed by atoms with E-state index in [-0.39, 0.29) is 0 Å². The van der Waals surface area contributed by atoms with Crippen LogP contribution in [0.5, 0.6) is 11.5 Å². The molecule has 4 heteroatoms. The molecule has 1 aliphatic rings. The molecule has 1 heterocycles. The van der Waals surface area contributed by atoms with E-state index in [1.807, 2.05) is 13.1 Å². The lowest BCUT2D eigenvalue weighted by atomic mass is 9.93. The molecule has 18 heavy (non-hydrogen) atoms. The predicted molar refractivity (Wildman–Crippen MR) is 76.9 cm³/mol. The molecule has 0 saturated heterocycles. The van der Waals surface area contributed by atoms with Crippen LogP contribution >= 0.6 is 15.9 Å². The van der Waals surface area contributed by atoms with Crippen molar-refractivity contribution in [3.63, 3.8) is 0 Å². The van der Waals surface area contributed by atoms with Gasteiger partial charge in [0.25, 0.3) is 0 Å². The van der Waals surface area contributed by atoms with Crippen molar-refractivity contribution < 1.29 is 9.47 Å². The van der Waals surface area contributed by atoms with Crippen LogP contribution in [-0.2, 0) is 6.42 Å². The van der Waals surface area contributed by atoms with Gasteiger partial charge >= 0.3 is 0 Å². The third-order valence-electron chi connectivity index (χ3n) is 3.13. The van der Waals surface area contributed by atoms with Gasteiger partial charge in [0.2, 0.25) is 0 Å². The first-order chi connectivity index (χ1) is 8.65. The molecule has 1 aromatic carbocycles. The highest BCUT2D eigenvalue weighted by Crippen LogP contribution is 2.43. The number of ether oxygens (including phenoxy) is 2. The second-order valence-electron chi connectivity index (χ2n) is 4.78. The third-order valence-corrected chi connectivity index (χ3v) is 3.84. The number of likely N-dealkylation sites (N-methyl/N-ethyl adjacent to an activating group) is 1. The fourth-order valence-corrected chi connectivity index (χ4v) is 2.95. The van der Waals surface area contributed by atoms with Gasteiger partial charge in [0, 0.05) is 10.0 Å². The van der Waals surface area contributed by atoms with Crippen LogP contribution in [0, 0.1) is 0 Å². The van der Waals surface area contributed by atoms with E-state index in [1.54, 1.807) is 0 Å². The second-order valence-corrected chi connectivity index (χ2v) is 5.64. The number of fused-ring (bicyclic) bond motifs is 1. The maximum Gasteiger partial charge on any atom is 0.165 e. The molecule has 100 valence electrons. The van der Waals surface area contributed by atoms with E-state index in [0.29, 0.717) is 19.1 Å². The summed E-state index contributed by atoms with van der Waals surface area (Å²) in [7, 11) is 1.97. The Morgan fingerprint density at radius 3 is 2.72 bits per heavy atom. The molecular weight excluding hydrogens is 294 g/mol. The molecular formula is C14H20BrNO2. The van der Waals surface area contributed by atoms with Gasteiger partial charge in [0.15, 0.2) is 11.5 Å². The summed E-state index contributed by atoms with van der Waals surface area (Å²) in [5.41, 5.74) is 2.60. The number of halogens is 1. The molecule has 0 bridgehead atoms. The fraction of sp³-hybridized carbons (Fsp3) is 0.571. The van der Waals surface area contributed by atoms with Crippen LogP contribution < -0.4 is 14.8 Å². The van der Waals surface area contributed by atoms with E-state index < -0.39 is 0 Å². The van der Waals surface area contributed by atoms with Crippen LogP contribution in [0.25, 0.3) is 0 Å². The van der Waals surface area contributed by atoms with Crippen molar-refractivity contribution >= 4 is 15.9 Å². The van der Waals surface area contributed by atoms with Crippen LogP contribution in [0.15, 0.2) is 10.5 Å². The number of hydrogen-bond acceptors (Lipinski definition) is 3. The summed E-state index contributed by atoms with van der Waals surface area (Å²) < 4.78 is 12.6. The van der Waals surface area contributed by atoms with E-state index in [0.717, 1.165) is 28.9 Å². The summed E-state index contributed by atoms with van der Waals surface area (Å²) in [5, 5.41) is 3.20. The summed E-state index contributed by atoms with van der Waals surface area (Å²) >= 11 is 3.66. The zero-order valence-electron chi connectivity index (χ0n) is 11.2. The zero-order valence-corrected chi connectivity index (χ0v) is 12.8. The Morgan fingerprint density at radius 1 is 1.33 bits per heavy atom. The number of nitrogens with one attached hydrogen (secondary N) is 1. The first-order valence-electron chi connectivity index (χ1n) is 6.40. The molecule has 0 saturated carbocycles. The largest absolute Gasteiger partial charge is 0.486 e. The number of hydrogen-bond donors (Lipinski definition) is 1. The molecule has 0 unspecified atom stereocenters. The maximum absolute atomic E-state index is 5.83. The highest BCUT2D eigenvalue weighted by atomic mass is 79.9. The Morgan fingerprint density at radius 2 is 2.06 bits per heavy atom. The van der Waals surface area contributed by atoms with E-state index >= 15 is 0 Å². The van der Waals surface area contributed by atoms with Crippen LogP contribution in [0.2, 0.25) is 0 Å². The van der Waals surface area contributed by atoms with Gasteiger partial charge in [-0.25, -0.2) is 0 Å². The lowest BCUT2D eigenvalue weighted by Crippen LogP contribution is -2.19. The van der Waals surface area contributed by atoms with E-state index in [4.69, 9.17) is 9.47 Å². The van der Waals surface area contributed by atoms with Gasteiger partial charge in [-0.2, -0.15) is 0 Å². The van der Waals surface area contributed by atoms with Crippen molar-refractivity contribution in [2.75, 3.05) is 26.8 Å². The molecule has 1 aliphatic heterocycles. The van der Waals surface area contributed by atoms with Gasteiger partial charge in [0.05, 0.1) is 0 Å². The number of benzene rings is 1. The standard InChI is InChI=1S/C14H20BrNO2/c1-9(2)13-10(4-5-16-3)11(15)8-12-14(13)18-7-6-17-12/h8-9,16H,4-7H2,1-3H3. The summed E-state index contributed by atoms with van der Waals surface area (Å²) in [4.78, 5) is 0. The van der Waals surface area contributed by atoms with Crippen LogP contribution in [0.4, 0.5) is 0 Å². The highest BCUT2D eigenvalue weighted by Gasteiger charge is 2.23. The summed E-state index contributed by atoms with van der Waals surface area (Å²) in [6.45, 7) is 6.62. The van der Waals surface area contributed by atoms with E-state index in [9.17, 15) is 0 Å². The van der Waals surface area contributed by atoms with Crippen LogP contribution in [0.1, 0.15) is 30.9 Å². The minimum Gasteiger partial charge on any atom is -0.486 e. The number of rotatable bonds is 4. The molecule has 0 atom stereocenters. The molecule has 0 aliphatic carbocycles. The Balaban J connectivity index is 2.50. The first kappa shape index (κ1) is 13.7. The van der Waals surface area contributed by atoms with Crippen molar-refractivity contribution in [1.29, 1.82) is 0 Å². The first-order valence-corrected chi connectivity index (χ1v) is 7.20. The molecule has 0 fully saturated rings. The molecule has 0 aromatic heterocycles. The third kappa shape index (κ3) is 2.64. The van der Waals surface area contributed by atoms with E-state index in [2.05, 4.69) is 35.1 Å². The molecule has 0 amide bonds. The average Bonchev–Trinajstić information content (AvgIpc) is 2.35. The van der Waals surface area contributed by atoms with Crippen molar-refractivity contribution in [3.8, 4) is 11.5 Å². The highest BCUT2D eigenvalue weighted by molar-refractivity contribution is 9.10. The average molecular weight is 314 g/mol. The van der Waals surface area contributed by atoms with Crippen molar-refractivity contribution in [2.45, 2.75) is 26.2 Å². The molecule has 3 nitrogen and oxygen atoms in total. The smallest absolute Gasteiger partial charge is 0.165 e. The van der Waals surface area contributed by atoms with Gasteiger partial charge in [-0.05, 0) is 37.6 Å². The van der Waals surface area contributed by atoms with Crippen molar-refractivity contribution in [2.24, 2.45) is 0 Å². The molecule has 2 rings (SSSR count). The minimum absolute atomic E-state index is 0.421. The Labute approximate surface area is 117 Å². The van der Waals surface area contributed by atoms with Crippen LogP contribution in [0.3, 0.4) is 0 Å². The lowest BCUT2D eigenvalue weighted by Gasteiger charge is -2.26. The summed E-state index contributed by atoms with van der Waals surface area (Å²) in [6.07, 6.45) is 0.987. The summed E-state index contributed by atoms with van der Waals surface area (Å²) in [5.74, 6) is 2.22. The quantitative estimate of drug-likeness (QED) is 0.926. The van der Waals surface area contributed by atoms with Crippen molar-refractivity contribution in [3.05, 3.63) is 21.7 Å². The molecule has 0 spiro atoms. The van der Waals surface area contributed by atoms with E-state index in [1.165, 1.54) is 11.1 Å². The molecule has 1 aromatic rings. The monoisotopic (exact) mass is 313 g/mol. The fourth-order valence-electron chi connectivity index (χ4n) is 2.33. The normalized spacial score (nSPS) is 14.1. The zero-order chi connectivity index (χ0) is 13.1.